The first-order valence-electron chi connectivity index (χ1n) is 8.63. The Bertz CT molecular complexity index is 815. The maximum Gasteiger partial charge on any atom is 0.326 e. The number of aromatic amines is 1. The van der Waals surface area contributed by atoms with Crippen molar-refractivity contribution in [2.45, 2.75) is 33.2 Å². The van der Waals surface area contributed by atoms with E-state index in [1.165, 1.54) is 18.7 Å². The number of H-pyrrole nitrogens is 1. The average Bonchev–Trinajstić information content (AvgIpc) is 3.13. The Kier molecular flexibility index (Phi) is 6.64. The fraction of sp³-hybridized carbons (Fsp3) is 0.389. The van der Waals surface area contributed by atoms with E-state index in [2.05, 4.69) is 20.5 Å². The summed E-state index contributed by atoms with van der Waals surface area (Å²) in [5, 5.41) is 18.8. The highest BCUT2D eigenvalue weighted by Crippen LogP contribution is 2.17. The molecule has 0 radical (unpaired) electrons. The molecule has 2 aromatic rings. The van der Waals surface area contributed by atoms with E-state index in [0.717, 1.165) is 17.8 Å². The second-order valence-corrected chi connectivity index (χ2v) is 6.03. The van der Waals surface area contributed by atoms with Gasteiger partial charge in [0.05, 0.1) is 0 Å². The monoisotopic (exact) mass is 373 g/mol. The molecule has 2 rings (SSSR count). The van der Waals surface area contributed by atoms with Crippen molar-refractivity contribution < 1.29 is 19.5 Å². The molecule has 0 aliphatic heterocycles. The lowest BCUT2D eigenvalue weighted by molar-refractivity contribution is -0.141. The number of aliphatic carboxylic acids is 1. The van der Waals surface area contributed by atoms with Gasteiger partial charge in [-0.05, 0) is 19.1 Å². The number of hydrogen-bond acceptors (Lipinski definition) is 5. The van der Waals surface area contributed by atoms with Crippen molar-refractivity contribution in [3.05, 3.63) is 35.7 Å². The van der Waals surface area contributed by atoms with Gasteiger partial charge < -0.3 is 15.3 Å². The highest BCUT2D eigenvalue weighted by Gasteiger charge is 2.26. The Labute approximate surface area is 156 Å². The average molecular weight is 373 g/mol. The van der Waals surface area contributed by atoms with Crippen LogP contribution in [-0.4, -0.2) is 62.1 Å². The predicted molar refractivity (Wildman–Crippen MR) is 98.0 cm³/mol. The summed E-state index contributed by atoms with van der Waals surface area (Å²) in [5.41, 5.74) is 1.10. The molecule has 3 N–H and O–H groups in total. The van der Waals surface area contributed by atoms with Crippen molar-refractivity contribution in [2.75, 3.05) is 13.1 Å². The highest BCUT2D eigenvalue weighted by atomic mass is 16.4. The minimum Gasteiger partial charge on any atom is -0.480 e. The van der Waals surface area contributed by atoms with Gasteiger partial charge in [0.25, 0.3) is 5.91 Å². The second kappa shape index (κ2) is 8.93. The molecule has 9 nitrogen and oxygen atoms in total. The summed E-state index contributed by atoms with van der Waals surface area (Å²) in [5.74, 6) is -0.480. The largest absolute Gasteiger partial charge is 0.480 e. The van der Waals surface area contributed by atoms with Gasteiger partial charge in [0.15, 0.2) is 5.82 Å². The number of rotatable bonds is 8. The molecule has 1 heterocycles. The number of carboxylic acid groups (broad SMARTS) is 1. The number of aromatic nitrogens is 3. The normalized spacial score (nSPS) is 11.7. The van der Waals surface area contributed by atoms with Crippen LogP contribution >= 0.6 is 0 Å². The van der Waals surface area contributed by atoms with Gasteiger partial charge in [0, 0.05) is 37.6 Å². The molecule has 1 aromatic heterocycles. The van der Waals surface area contributed by atoms with E-state index in [9.17, 15) is 19.5 Å². The minimum atomic E-state index is -1.12. The van der Waals surface area contributed by atoms with E-state index in [-0.39, 0.29) is 19.0 Å². The van der Waals surface area contributed by atoms with E-state index in [1.54, 1.807) is 24.3 Å². The van der Waals surface area contributed by atoms with Crippen molar-refractivity contribution in [1.29, 1.82) is 0 Å². The van der Waals surface area contributed by atoms with Gasteiger partial charge >= 0.3 is 5.97 Å². The molecule has 0 saturated carbocycles. The number of carboxylic acids is 1. The maximum atomic E-state index is 12.8. The second-order valence-electron chi connectivity index (χ2n) is 6.03. The van der Waals surface area contributed by atoms with Crippen LogP contribution in [0.1, 0.15) is 37.0 Å². The molecule has 1 aromatic carbocycles. The van der Waals surface area contributed by atoms with Crippen LogP contribution in [0.2, 0.25) is 0 Å². The van der Waals surface area contributed by atoms with Gasteiger partial charge in [0.1, 0.15) is 11.9 Å². The van der Waals surface area contributed by atoms with Gasteiger partial charge in [-0.2, -0.15) is 5.10 Å². The Morgan fingerprint density at radius 2 is 1.93 bits per heavy atom. The molecule has 9 heteroatoms. The first kappa shape index (κ1) is 20.1. The summed E-state index contributed by atoms with van der Waals surface area (Å²) < 4.78 is 0. The number of carbonyl (C=O) groups is 3. The zero-order chi connectivity index (χ0) is 20.0. The molecular weight excluding hydrogens is 350 g/mol. The quantitative estimate of drug-likeness (QED) is 0.635. The fourth-order valence-electron chi connectivity index (χ4n) is 2.47. The number of nitrogens with one attached hydrogen (secondary N) is 2. The zero-order valence-corrected chi connectivity index (χ0v) is 15.5. The Morgan fingerprint density at radius 3 is 2.44 bits per heavy atom. The molecule has 0 aliphatic carbocycles. The van der Waals surface area contributed by atoms with Gasteiger partial charge in [-0.25, -0.2) is 9.78 Å². The van der Waals surface area contributed by atoms with Crippen molar-refractivity contribution >= 4 is 17.8 Å². The summed E-state index contributed by atoms with van der Waals surface area (Å²) in [4.78, 5) is 40.7. The van der Waals surface area contributed by atoms with Crippen LogP contribution < -0.4 is 5.32 Å². The van der Waals surface area contributed by atoms with Crippen LogP contribution in [0.15, 0.2) is 24.3 Å². The molecule has 1 atom stereocenters. The van der Waals surface area contributed by atoms with Crippen LogP contribution in [0.5, 0.6) is 0 Å². The molecular formula is C18H23N5O4. The van der Waals surface area contributed by atoms with Crippen LogP contribution in [0.4, 0.5) is 0 Å². The smallest absolute Gasteiger partial charge is 0.326 e. The number of amides is 2. The van der Waals surface area contributed by atoms with Gasteiger partial charge in [-0.1, -0.05) is 19.1 Å². The Hall–Kier alpha value is -3.23. The molecule has 1 unspecified atom stereocenters. The molecule has 27 heavy (non-hydrogen) atoms. The number of hydrogen-bond donors (Lipinski definition) is 3. The lowest BCUT2D eigenvalue weighted by atomic mass is 10.1. The van der Waals surface area contributed by atoms with E-state index >= 15 is 0 Å². The van der Waals surface area contributed by atoms with Crippen LogP contribution in [0.3, 0.4) is 0 Å². The third kappa shape index (κ3) is 5.13. The summed E-state index contributed by atoms with van der Waals surface area (Å²) in [7, 11) is 0. The molecule has 0 fully saturated rings. The molecule has 2 amide bonds. The number of aryl methyl sites for hydroxylation is 1. The van der Waals surface area contributed by atoms with Gasteiger partial charge in [0.2, 0.25) is 5.91 Å². The standard InChI is InChI=1S/C18H23N5O4/c1-4-15-20-16(22-21-15)13-5-7-14(8-6-13)17(25)23(11(2)18(26)27)10-9-19-12(3)24/h5-8,11H,4,9-10H2,1-3H3,(H,19,24)(H,26,27)(H,20,21,22). The Balaban J connectivity index is 2.17. The topological polar surface area (TPSA) is 128 Å². The summed E-state index contributed by atoms with van der Waals surface area (Å²) in [6, 6.07) is 5.63. The lowest BCUT2D eigenvalue weighted by Gasteiger charge is -2.26. The molecule has 144 valence electrons. The SMILES string of the molecule is CCc1nc(-c2ccc(C(=O)N(CCNC(C)=O)C(C)C(=O)O)cc2)n[nH]1. The number of carbonyl (C=O) groups excluding carboxylic acids is 2. The third-order valence-corrected chi connectivity index (χ3v) is 4.07. The summed E-state index contributed by atoms with van der Waals surface area (Å²) >= 11 is 0. The summed E-state index contributed by atoms with van der Waals surface area (Å²) in [6.45, 7) is 5.02. The lowest BCUT2D eigenvalue weighted by Crippen LogP contribution is -2.46. The first-order chi connectivity index (χ1) is 12.8. The van der Waals surface area contributed by atoms with Crippen molar-refractivity contribution in [2.24, 2.45) is 0 Å². The Morgan fingerprint density at radius 1 is 1.26 bits per heavy atom. The third-order valence-electron chi connectivity index (χ3n) is 4.07. The predicted octanol–water partition coefficient (Wildman–Crippen LogP) is 1.09. The molecule has 0 spiro atoms. The fourth-order valence-corrected chi connectivity index (χ4v) is 2.47. The molecule has 0 saturated heterocycles. The van der Waals surface area contributed by atoms with Gasteiger partial charge in [-0.3, -0.25) is 14.7 Å². The molecule has 0 bridgehead atoms. The highest BCUT2D eigenvalue weighted by molar-refractivity contribution is 5.97. The van der Waals surface area contributed by atoms with Gasteiger partial charge in [-0.15, -0.1) is 0 Å². The van der Waals surface area contributed by atoms with Crippen molar-refractivity contribution in [1.82, 2.24) is 25.4 Å². The van der Waals surface area contributed by atoms with E-state index < -0.39 is 17.9 Å². The minimum absolute atomic E-state index is 0.0917. The zero-order valence-electron chi connectivity index (χ0n) is 15.5. The van der Waals surface area contributed by atoms with Crippen molar-refractivity contribution in [3.8, 4) is 11.4 Å². The van der Waals surface area contributed by atoms with Crippen LogP contribution in [0, 0.1) is 0 Å². The summed E-state index contributed by atoms with van der Waals surface area (Å²) in [6.07, 6.45) is 0.736. The van der Waals surface area contributed by atoms with E-state index in [0.29, 0.717) is 11.4 Å². The van der Waals surface area contributed by atoms with E-state index in [4.69, 9.17) is 0 Å². The first-order valence-corrected chi connectivity index (χ1v) is 8.63. The van der Waals surface area contributed by atoms with Crippen LogP contribution in [0.25, 0.3) is 11.4 Å². The van der Waals surface area contributed by atoms with E-state index in [1.807, 2.05) is 6.92 Å². The molecule has 0 aliphatic rings. The number of benzene rings is 1. The van der Waals surface area contributed by atoms with Crippen LogP contribution in [-0.2, 0) is 16.0 Å². The number of nitrogens with zero attached hydrogens (tertiary/aromatic N) is 3. The maximum absolute atomic E-state index is 12.8. The van der Waals surface area contributed by atoms with Crippen molar-refractivity contribution in [3.63, 3.8) is 0 Å².